The summed E-state index contributed by atoms with van der Waals surface area (Å²) < 4.78 is 0. The highest BCUT2D eigenvalue weighted by Gasteiger charge is 2.29. The van der Waals surface area contributed by atoms with Gasteiger partial charge in [0.15, 0.2) is 0 Å². The lowest BCUT2D eigenvalue weighted by Gasteiger charge is -2.24. The Morgan fingerprint density at radius 1 is 1.50 bits per heavy atom. The Kier molecular flexibility index (Phi) is 6.43. The number of carboxylic acids is 1. The van der Waals surface area contributed by atoms with Gasteiger partial charge >= 0.3 is 5.97 Å². The summed E-state index contributed by atoms with van der Waals surface area (Å²) in [5.41, 5.74) is 4.72. The molecule has 0 heterocycles. The minimum atomic E-state index is -1.00. The Bertz CT molecular complexity index is 256. The minimum absolute atomic E-state index is 0.188. The van der Waals surface area contributed by atoms with Crippen molar-refractivity contribution >= 4 is 23.6 Å². The molecule has 16 heavy (non-hydrogen) atoms. The van der Waals surface area contributed by atoms with E-state index in [9.17, 15) is 9.59 Å². The summed E-state index contributed by atoms with van der Waals surface area (Å²) in [6.45, 7) is 3.57. The molecule has 0 rings (SSSR count). The third-order valence-corrected chi connectivity index (χ3v) is 2.98. The predicted molar refractivity (Wildman–Crippen MR) is 65.4 cm³/mol. The maximum absolute atomic E-state index is 11.7. The zero-order valence-electron chi connectivity index (χ0n) is 9.95. The molecule has 0 bridgehead atoms. The van der Waals surface area contributed by atoms with Crippen molar-refractivity contribution in [1.82, 2.24) is 5.32 Å². The summed E-state index contributed by atoms with van der Waals surface area (Å²) in [6, 6.07) is -0.828. The molecule has 0 aromatic heterocycles. The lowest BCUT2D eigenvalue weighted by Crippen LogP contribution is -2.49. The standard InChI is InChI=1S/C10H20N2O3S/c1-10(2,6-11)9(15)12-7(8(13)14)4-5-16-3/h7H,4-6,11H2,1-3H3,(H,12,15)(H,13,14). The molecule has 0 aromatic carbocycles. The van der Waals surface area contributed by atoms with Crippen LogP contribution in [0.4, 0.5) is 0 Å². The number of nitrogens with two attached hydrogens (primary N) is 1. The molecule has 0 spiro atoms. The average Bonchev–Trinajstić information content (AvgIpc) is 2.23. The highest BCUT2D eigenvalue weighted by Crippen LogP contribution is 2.13. The second-order valence-corrected chi connectivity index (χ2v) is 5.22. The number of rotatable bonds is 7. The fraction of sp³-hybridized carbons (Fsp3) is 0.800. The largest absolute Gasteiger partial charge is 0.480 e. The summed E-state index contributed by atoms with van der Waals surface area (Å²) in [6.07, 6.45) is 2.31. The molecule has 0 aromatic rings. The Hall–Kier alpha value is -0.750. The van der Waals surface area contributed by atoms with Gasteiger partial charge in [-0.3, -0.25) is 4.79 Å². The van der Waals surface area contributed by atoms with Gasteiger partial charge in [0.1, 0.15) is 6.04 Å². The van der Waals surface area contributed by atoms with Gasteiger partial charge in [-0.15, -0.1) is 0 Å². The summed E-state index contributed by atoms with van der Waals surface area (Å²) in [7, 11) is 0. The lowest BCUT2D eigenvalue weighted by atomic mass is 9.92. The second-order valence-electron chi connectivity index (χ2n) is 4.23. The van der Waals surface area contributed by atoms with Crippen LogP contribution in [0.2, 0.25) is 0 Å². The third kappa shape index (κ3) is 4.85. The molecule has 5 nitrogen and oxygen atoms in total. The van der Waals surface area contributed by atoms with Crippen LogP contribution in [-0.2, 0) is 9.59 Å². The van der Waals surface area contributed by atoms with Crippen LogP contribution in [0.5, 0.6) is 0 Å². The van der Waals surface area contributed by atoms with Crippen molar-refractivity contribution in [3.05, 3.63) is 0 Å². The van der Waals surface area contributed by atoms with Gasteiger partial charge in [0.25, 0.3) is 0 Å². The van der Waals surface area contributed by atoms with Crippen molar-refractivity contribution in [2.75, 3.05) is 18.6 Å². The number of nitrogens with one attached hydrogen (secondary N) is 1. The van der Waals surface area contributed by atoms with Gasteiger partial charge in [0.2, 0.25) is 5.91 Å². The van der Waals surface area contributed by atoms with Gasteiger partial charge in [-0.1, -0.05) is 0 Å². The van der Waals surface area contributed by atoms with E-state index in [2.05, 4.69) is 5.32 Å². The molecule has 0 aliphatic rings. The number of thioether (sulfide) groups is 1. The minimum Gasteiger partial charge on any atom is -0.480 e. The van der Waals surface area contributed by atoms with Gasteiger partial charge in [-0.05, 0) is 32.3 Å². The summed E-state index contributed by atoms with van der Waals surface area (Å²) >= 11 is 1.55. The number of aliphatic carboxylic acids is 1. The van der Waals surface area contributed by atoms with Crippen LogP contribution in [0.25, 0.3) is 0 Å². The first-order valence-corrected chi connectivity index (χ1v) is 6.47. The van der Waals surface area contributed by atoms with Gasteiger partial charge in [0.05, 0.1) is 5.41 Å². The van der Waals surface area contributed by atoms with E-state index in [1.807, 2.05) is 6.26 Å². The fourth-order valence-electron chi connectivity index (χ4n) is 0.939. The van der Waals surface area contributed by atoms with E-state index < -0.39 is 17.4 Å². The monoisotopic (exact) mass is 248 g/mol. The van der Waals surface area contributed by atoms with Gasteiger partial charge in [0, 0.05) is 6.54 Å². The topological polar surface area (TPSA) is 92.4 Å². The molecule has 0 saturated heterocycles. The molecule has 6 heteroatoms. The first-order chi connectivity index (χ1) is 7.35. The highest BCUT2D eigenvalue weighted by molar-refractivity contribution is 7.98. The van der Waals surface area contributed by atoms with E-state index in [0.717, 1.165) is 0 Å². The van der Waals surface area contributed by atoms with Crippen molar-refractivity contribution in [2.24, 2.45) is 11.1 Å². The summed E-state index contributed by atoms with van der Waals surface area (Å²) in [4.78, 5) is 22.6. The molecule has 0 aliphatic heterocycles. The summed E-state index contributed by atoms with van der Waals surface area (Å²) in [5.74, 6) is -0.626. The average molecular weight is 248 g/mol. The number of carbonyl (C=O) groups is 2. The molecule has 0 aliphatic carbocycles. The van der Waals surface area contributed by atoms with E-state index in [-0.39, 0.29) is 12.5 Å². The first-order valence-electron chi connectivity index (χ1n) is 5.08. The van der Waals surface area contributed by atoms with Gasteiger partial charge in [-0.25, -0.2) is 4.79 Å². The Morgan fingerprint density at radius 3 is 2.44 bits per heavy atom. The van der Waals surface area contributed by atoms with Crippen molar-refractivity contribution < 1.29 is 14.7 Å². The smallest absolute Gasteiger partial charge is 0.326 e. The van der Waals surface area contributed by atoms with Gasteiger partial charge in [-0.2, -0.15) is 11.8 Å². The number of carbonyl (C=O) groups excluding carboxylic acids is 1. The maximum atomic E-state index is 11.7. The van der Waals surface area contributed by atoms with E-state index in [1.54, 1.807) is 25.6 Å². The molecule has 0 radical (unpaired) electrons. The number of amides is 1. The van der Waals surface area contributed by atoms with Crippen LogP contribution < -0.4 is 11.1 Å². The van der Waals surface area contributed by atoms with Crippen LogP contribution in [0.3, 0.4) is 0 Å². The Balaban J connectivity index is 4.40. The SMILES string of the molecule is CSCCC(NC(=O)C(C)(C)CN)C(=O)O. The molecule has 4 N–H and O–H groups in total. The highest BCUT2D eigenvalue weighted by atomic mass is 32.2. The van der Waals surface area contributed by atoms with Crippen LogP contribution in [0.15, 0.2) is 0 Å². The zero-order chi connectivity index (χ0) is 12.8. The third-order valence-electron chi connectivity index (χ3n) is 2.34. The number of hydrogen-bond acceptors (Lipinski definition) is 4. The second kappa shape index (κ2) is 6.75. The van der Waals surface area contributed by atoms with E-state index in [1.165, 1.54) is 0 Å². The molecule has 0 saturated carbocycles. The lowest BCUT2D eigenvalue weighted by molar-refractivity contribution is -0.143. The van der Waals surface area contributed by atoms with Crippen LogP contribution >= 0.6 is 11.8 Å². The van der Waals surface area contributed by atoms with Crippen LogP contribution in [-0.4, -0.2) is 41.6 Å². The van der Waals surface area contributed by atoms with Crippen LogP contribution in [0.1, 0.15) is 20.3 Å². The molecule has 1 amide bonds. The van der Waals surface area contributed by atoms with E-state index >= 15 is 0 Å². The number of carboxylic acid groups (broad SMARTS) is 1. The number of hydrogen-bond donors (Lipinski definition) is 3. The quantitative estimate of drug-likeness (QED) is 0.602. The first kappa shape index (κ1) is 15.2. The fourth-order valence-corrected chi connectivity index (χ4v) is 1.41. The van der Waals surface area contributed by atoms with Gasteiger partial charge < -0.3 is 16.2 Å². The normalized spacial score (nSPS) is 13.2. The Labute approximate surface area is 100 Å². The zero-order valence-corrected chi connectivity index (χ0v) is 10.8. The maximum Gasteiger partial charge on any atom is 0.326 e. The van der Waals surface area contributed by atoms with E-state index in [0.29, 0.717) is 12.2 Å². The van der Waals surface area contributed by atoms with Crippen LogP contribution in [0, 0.1) is 5.41 Å². The van der Waals surface area contributed by atoms with Crippen molar-refractivity contribution in [3.8, 4) is 0 Å². The molecule has 1 atom stereocenters. The molecule has 94 valence electrons. The van der Waals surface area contributed by atoms with Crippen molar-refractivity contribution in [3.63, 3.8) is 0 Å². The van der Waals surface area contributed by atoms with Crippen molar-refractivity contribution in [1.29, 1.82) is 0 Å². The van der Waals surface area contributed by atoms with E-state index in [4.69, 9.17) is 10.8 Å². The molecular weight excluding hydrogens is 228 g/mol. The van der Waals surface area contributed by atoms with Crippen molar-refractivity contribution in [2.45, 2.75) is 26.3 Å². The molecule has 0 fully saturated rings. The molecular formula is C10H20N2O3S. The molecule has 1 unspecified atom stereocenters. The summed E-state index contributed by atoms with van der Waals surface area (Å²) in [5, 5.41) is 11.4. The Morgan fingerprint density at radius 2 is 2.06 bits per heavy atom. The predicted octanol–water partition coefficient (Wildman–Crippen LogP) is 0.294.